The summed E-state index contributed by atoms with van der Waals surface area (Å²) in [5.41, 5.74) is 3.62. The number of rotatable bonds is 8. The SMILES string of the molecule is COCCOc1cc2ncc(C#N)c(Nc3cc(OC)ccc3C)c2cc1OC. The summed E-state index contributed by atoms with van der Waals surface area (Å²) in [6.07, 6.45) is 1.55. The standard InChI is InChI=1S/C22H23N3O4/c1-14-5-6-16(27-3)9-18(14)25-22-15(12-23)13-24-19-11-21(29-8-7-26-2)20(28-4)10-17(19)22/h5-6,9-11,13H,7-8H2,1-4H3,(H,24,25). The fourth-order valence-electron chi connectivity index (χ4n) is 2.92. The van der Waals surface area contributed by atoms with Gasteiger partial charge in [0.1, 0.15) is 18.4 Å². The maximum absolute atomic E-state index is 9.63. The van der Waals surface area contributed by atoms with E-state index in [1.54, 1.807) is 33.6 Å². The van der Waals surface area contributed by atoms with Crippen molar-refractivity contribution in [2.24, 2.45) is 0 Å². The molecule has 0 amide bonds. The van der Waals surface area contributed by atoms with Gasteiger partial charge in [-0.25, -0.2) is 0 Å². The van der Waals surface area contributed by atoms with Gasteiger partial charge in [-0.2, -0.15) is 5.26 Å². The second-order valence-electron chi connectivity index (χ2n) is 6.33. The largest absolute Gasteiger partial charge is 0.497 e. The Hall–Kier alpha value is -3.50. The first-order valence-electron chi connectivity index (χ1n) is 9.05. The van der Waals surface area contributed by atoms with Gasteiger partial charge >= 0.3 is 0 Å². The van der Waals surface area contributed by atoms with Gasteiger partial charge in [0, 0.05) is 36.5 Å². The van der Waals surface area contributed by atoms with Gasteiger partial charge in [0.25, 0.3) is 0 Å². The minimum Gasteiger partial charge on any atom is -0.497 e. The summed E-state index contributed by atoms with van der Waals surface area (Å²) < 4.78 is 21.6. The first-order chi connectivity index (χ1) is 14.1. The second-order valence-corrected chi connectivity index (χ2v) is 6.33. The highest BCUT2D eigenvalue weighted by atomic mass is 16.5. The average molecular weight is 393 g/mol. The molecule has 7 nitrogen and oxygen atoms in total. The van der Waals surface area contributed by atoms with Gasteiger partial charge in [-0.15, -0.1) is 0 Å². The van der Waals surface area contributed by atoms with Crippen LogP contribution in [0.15, 0.2) is 36.5 Å². The van der Waals surface area contributed by atoms with Crippen LogP contribution < -0.4 is 19.5 Å². The topological polar surface area (TPSA) is 85.6 Å². The highest BCUT2D eigenvalue weighted by Crippen LogP contribution is 2.38. The quantitative estimate of drug-likeness (QED) is 0.574. The number of aromatic nitrogens is 1. The molecule has 0 radical (unpaired) electrons. The van der Waals surface area contributed by atoms with Crippen LogP contribution in [0, 0.1) is 18.3 Å². The molecule has 2 aromatic carbocycles. The van der Waals surface area contributed by atoms with Gasteiger partial charge in [-0.3, -0.25) is 4.98 Å². The molecule has 0 unspecified atom stereocenters. The monoisotopic (exact) mass is 393 g/mol. The number of methoxy groups -OCH3 is 3. The van der Waals surface area contributed by atoms with Crippen LogP contribution in [0.5, 0.6) is 17.2 Å². The third-order valence-electron chi connectivity index (χ3n) is 4.52. The van der Waals surface area contributed by atoms with Crippen molar-refractivity contribution in [1.29, 1.82) is 5.26 Å². The number of nitrogens with zero attached hydrogens (tertiary/aromatic N) is 2. The molecule has 29 heavy (non-hydrogen) atoms. The van der Waals surface area contributed by atoms with E-state index >= 15 is 0 Å². The first-order valence-corrected chi connectivity index (χ1v) is 9.05. The smallest absolute Gasteiger partial charge is 0.163 e. The van der Waals surface area contributed by atoms with Gasteiger partial charge in [0.2, 0.25) is 0 Å². The fraction of sp³-hybridized carbons (Fsp3) is 0.273. The molecule has 0 atom stereocenters. The molecule has 0 aliphatic carbocycles. The van der Waals surface area contributed by atoms with Crippen molar-refractivity contribution in [2.75, 3.05) is 39.9 Å². The molecule has 3 rings (SSSR count). The van der Waals surface area contributed by atoms with Crippen molar-refractivity contribution in [1.82, 2.24) is 4.98 Å². The summed E-state index contributed by atoms with van der Waals surface area (Å²) in [5, 5.41) is 13.8. The van der Waals surface area contributed by atoms with Crippen molar-refractivity contribution >= 4 is 22.3 Å². The van der Waals surface area contributed by atoms with Gasteiger partial charge in [-0.1, -0.05) is 6.07 Å². The van der Waals surface area contributed by atoms with E-state index in [2.05, 4.69) is 16.4 Å². The second kappa shape index (κ2) is 9.13. The molecule has 1 aromatic heterocycles. The predicted octanol–water partition coefficient (Wildman–Crippen LogP) is 4.20. The van der Waals surface area contributed by atoms with Gasteiger partial charge in [0.15, 0.2) is 11.5 Å². The Bertz CT molecular complexity index is 1060. The van der Waals surface area contributed by atoms with E-state index in [4.69, 9.17) is 18.9 Å². The van der Waals surface area contributed by atoms with Crippen LogP contribution in [0.25, 0.3) is 10.9 Å². The summed E-state index contributed by atoms with van der Waals surface area (Å²) in [7, 11) is 4.81. The van der Waals surface area contributed by atoms with E-state index in [9.17, 15) is 5.26 Å². The molecule has 150 valence electrons. The average Bonchev–Trinajstić information content (AvgIpc) is 2.75. The Morgan fingerprint density at radius 3 is 2.55 bits per heavy atom. The Morgan fingerprint density at radius 1 is 1.03 bits per heavy atom. The van der Waals surface area contributed by atoms with Crippen LogP contribution in [0.2, 0.25) is 0 Å². The summed E-state index contributed by atoms with van der Waals surface area (Å²) in [5.74, 6) is 1.84. The lowest BCUT2D eigenvalue weighted by molar-refractivity contribution is 0.144. The van der Waals surface area contributed by atoms with Crippen molar-refractivity contribution in [2.45, 2.75) is 6.92 Å². The first kappa shape index (κ1) is 20.2. The molecular formula is C22H23N3O4. The van der Waals surface area contributed by atoms with Crippen LogP contribution in [0.1, 0.15) is 11.1 Å². The molecular weight excluding hydrogens is 370 g/mol. The number of hydrogen-bond acceptors (Lipinski definition) is 7. The molecule has 0 fully saturated rings. The van der Waals surface area contributed by atoms with E-state index in [1.165, 1.54) is 0 Å². The number of ether oxygens (including phenoxy) is 4. The maximum Gasteiger partial charge on any atom is 0.163 e. The van der Waals surface area contributed by atoms with Crippen LogP contribution >= 0.6 is 0 Å². The Balaban J connectivity index is 2.11. The van der Waals surface area contributed by atoms with Crippen molar-refractivity contribution < 1.29 is 18.9 Å². The lowest BCUT2D eigenvalue weighted by atomic mass is 10.1. The minimum atomic E-state index is 0.392. The summed E-state index contributed by atoms with van der Waals surface area (Å²) in [6, 6.07) is 11.6. The number of fused-ring (bicyclic) bond motifs is 1. The van der Waals surface area contributed by atoms with Crippen molar-refractivity contribution in [3.8, 4) is 23.3 Å². The Morgan fingerprint density at radius 2 is 1.86 bits per heavy atom. The van der Waals surface area contributed by atoms with E-state index < -0.39 is 0 Å². The molecule has 0 bridgehead atoms. The van der Waals surface area contributed by atoms with E-state index in [0.717, 1.165) is 22.4 Å². The predicted molar refractivity (Wildman–Crippen MR) is 111 cm³/mol. The Labute approximate surface area is 169 Å². The lowest BCUT2D eigenvalue weighted by Gasteiger charge is -2.16. The van der Waals surface area contributed by atoms with Crippen molar-refractivity contribution in [3.05, 3.63) is 47.7 Å². The van der Waals surface area contributed by atoms with Crippen molar-refractivity contribution in [3.63, 3.8) is 0 Å². The lowest BCUT2D eigenvalue weighted by Crippen LogP contribution is -2.06. The Kier molecular flexibility index (Phi) is 6.37. The number of hydrogen-bond donors (Lipinski definition) is 1. The summed E-state index contributed by atoms with van der Waals surface area (Å²) in [4.78, 5) is 4.42. The zero-order valence-electron chi connectivity index (χ0n) is 16.9. The molecule has 0 spiro atoms. The fourth-order valence-corrected chi connectivity index (χ4v) is 2.92. The third-order valence-corrected chi connectivity index (χ3v) is 4.52. The zero-order valence-corrected chi connectivity index (χ0v) is 16.9. The van der Waals surface area contributed by atoms with Crippen LogP contribution in [0.3, 0.4) is 0 Å². The van der Waals surface area contributed by atoms with Crippen LogP contribution in [0.4, 0.5) is 11.4 Å². The van der Waals surface area contributed by atoms with Crippen LogP contribution in [-0.2, 0) is 4.74 Å². The van der Waals surface area contributed by atoms with Crippen LogP contribution in [-0.4, -0.2) is 39.5 Å². The number of nitriles is 1. The summed E-state index contributed by atoms with van der Waals surface area (Å²) >= 11 is 0. The molecule has 0 saturated carbocycles. The summed E-state index contributed by atoms with van der Waals surface area (Å²) in [6.45, 7) is 2.84. The highest BCUT2D eigenvalue weighted by molar-refractivity contribution is 5.97. The normalized spacial score (nSPS) is 10.4. The highest BCUT2D eigenvalue weighted by Gasteiger charge is 2.15. The molecule has 1 heterocycles. The van der Waals surface area contributed by atoms with Gasteiger partial charge < -0.3 is 24.3 Å². The maximum atomic E-state index is 9.63. The third kappa shape index (κ3) is 4.33. The number of aryl methyl sites for hydroxylation is 1. The molecule has 0 aliphatic rings. The van der Waals surface area contributed by atoms with E-state index in [0.29, 0.717) is 41.5 Å². The number of anilines is 2. The zero-order chi connectivity index (χ0) is 20.8. The molecule has 0 saturated heterocycles. The van der Waals surface area contributed by atoms with E-state index in [1.807, 2.05) is 31.2 Å². The number of pyridine rings is 1. The number of nitrogens with one attached hydrogen (secondary N) is 1. The molecule has 7 heteroatoms. The van der Waals surface area contributed by atoms with Gasteiger partial charge in [0.05, 0.1) is 37.6 Å². The van der Waals surface area contributed by atoms with E-state index in [-0.39, 0.29) is 0 Å². The molecule has 0 aliphatic heterocycles. The minimum absolute atomic E-state index is 0.392. The molecule has 3 aromatic rings. The number of benzene rings is 2. The molecule has 1 N–H and O–H groups in total. The van der Waals surface area contributed by atoms with Gasteiger partial charge in [-0.05, 0) is 24.6 Å².